The van der Waals surface area contributed by atoms with Gasteiger partial charge in [0.15, 0.2) is 0 Å². The van der Waals surface area contributed by atoms with Gasteiger partial charge in [-0.2, -0.15) is 0 Å². The normalized spacial score (nSPS) is 12.5. The van der Waals surface area contributed by atoms with E-state index in [1.807, 2.05) is 116 Å². The van der Waals surface area contributed by atoms with Gasteiger partial charge in [0, 0.05) is 7.05 Å². The van der Waals surface area contributed by atoms with E-state index < -0.39 is 6.10 Å². The SMILES string of the molecule is C[C@@H]([C@@H](O)c1ccccc1)N(C)C(=O)Cc1cc(OCc2ccccc2)cc(-c2ccccc2)c1. The number of aliphatic hydroxyl groups is 1. The van der Waals surface area contributed by atoms with E-state index in [-0.39, 0.29) is 18.4 Å². The molecule has 0 bridgehead atoms. The third-order valence-electron chi connectivity index (χ3n) is 6.28. The molecule has 0 saturated heterocycles. The van der Waals surface area contributed by atoms with Crippen LogP contribution in [0.2, 0.25) is 0 Å². The molecule has 0 heterocycles. The van der Waals surface area contributed by atoms with Gasteiger partial charge >= 0.3 is 0 Å². The molecule has 35 heavy (non-hydrogen) atoms. The first kappa shape index (κ1) is 24.2. The maximum Gasteiger partial charge on any atom is 0.227 e. The van der Waals surface area contributed by atoms with Crippen molar-refractivity contribution >= 4 is 5.91 Å². The summed E-state index contributed by atoms with van der Waals surface area (Å²) in [5, 5.41) is 10.8. The van der Waals surface area contributed by atoms with Gasteiger partial charge in [-0.1, -0.05) is 97.1 Å². The van der Waals surface area contributed by atoms with Crippen LogP contribution in [0.1, 0.15) is 29.7 Å². The molecule has 2 atom stereocenters. The van der Waals surface area contributed by atoms with Crippen LogP contribution < -0.4 is 4.74 Å². The van der Waals surface area contributed by atoms with E-state index in [1.54, 1.807) is 11.9 Å². The van der Waals surface area contributed by atoms with E-state index in [0.29, 0.717) is 6.61 Å². The zero-order valence-electron chi connectivity index (χ0n) is 20.2. The van der Waals surface area contributed by atoms with Crippen LogP contribution in [-0.2, 0) is 17.8 Å². The molecule has 1 N–H and O–H groups in total. The Labute approximate surface area is 207 Å². The van der Waals surface area contributed by atoms with Crippen LogP contribution in [0.15, 0.2) is 109 Å². The van der Waals surface area contributed by atoms with Crippen molar-refractivity contribution < 1.29 is 14.6 Å². The maximum atomic E-state index is 13.2. The molecule has 178 valence electrons. The number of carbonyl (C=O) groups excluding carboxylic acids is 1. The van der Waals surface area contributed by atoms with E-state index in [1.165, 1.54) is 0 Å². The molecule has 0 unspecified atom stereocenters. The largest absolute Gasteiger partial charge is 0.489 e. The van der Waals surface area contributed by atoms with Crippen LogP contribution in [-0.4, -0.2) is 29.0 Å². The van der Waals surface area contributed by atoms with Crippen molar-refractivity contribution in [3.8, 4) is 16.9 Å². The van der Waals surface area contributed by atoms with Crippen LogP contribution >= 0.6 is 0 Å². The van der Waals surface area contributed by atoms with Crippen molar-refractivity contribution in [2.45, 2.75) is 32.1 Å². The minimum absolute atomic E-state index is 0.0632. The second-order valence-electron chi connectivity index (χ2n) is 8.78. The first-order chi connectivity index (χ1) is 17.0. The fourth-order valence-corrected chi connectivity index (χ4v) is 4.05. The van der Waals surface area contributed by atoms with E-state index in [4.69, 9.17) is 4.74 Å². The molecule has 4 heteroatoms. The molecular weight excluding hydrogens is 434 g/mol. The molecule has 0 saturated carbocycles. The van der Waals surface area contributed by atoms with Crippen molar-refractivity contribution in [2.75, 3.05) is 7.05 Å². The summed E-state index contributed by atoms with van der Waals surface area (Å²) in [4.78, 5) is 14.8. The summed E-state index contributed by atoms with van der Waals surface area (Å²) >= 11 is 0. The van der Waals surface area contributed by atoms with Gasteiger partial charge in [0.2, 0.25) is 5.91 Å². The number of ether oxygens (including phenoxy) is 1. The number of amides is 1. The number of benzene rings is 4. The van der Waals surface area contributed by atoms with Crippen LogP contribution in [0.3, 0.4) is 0 Å². The Hall–Kier alpha value is -3.89. The Kier molecular flexibility index (Phi) is 7.96. The van der Waals surface area contributed by atoms with Gasteiger partial charge in [0.05, 0.1) is 18.6 Å². The molecule has 4 aromatic carbocycles. The first-order valence-corrected chi connectivity index (χ1v) is 11.9. The predicted molar refractivity (Wildman–Crippen MR) is 140 cm³/mol. The van der Waals surface area contributed by atoms with Gasteiger partial charge in [0.1, 0.15) is 12.4 Å². The monoisotopic (exact) mass is 465 g/mol. The topological polar surface area (TPSA) is 49.8 Å². The average Bonchev–Trinajstić information content (AvgIpc) is 2.92. The van der Waals surface area contributed by atoms with E-state index in [0.717, 1.165) is 33.6 Å². The Morgan fingerprint density at radius 3 is 2.06 bits per heavy atom. The molecule has 0 aliphatic heterocycles. The number of rotatable bonds is 9. The number of hydrogen-bond donors (Lipinski definition) is 1. The van der Waals surface area contributed by atoms with E-state index >= 15 is 0 Å². The predicted octanol–water partition coefficient (Wildman–Crippen LogP) is 6.06. The quantitative estimate of drug-likeness (QED) is 0.327. The molecule has 0 spiro atoms. The fraction of sp³-hybridized carbons (Fsp3) is 0.194. The lowest BCUT2D eigenvalue weighted by Crippen LogP contribution is -2.39. The summed E-state index contributed by atoms with van der Waals surface area (Å²) in [6.45, 7) is 2.32. The second-order valence-corrected chi connectivity index (χ2v) is 8.78. The number of hydrogen-bond acceptors (Lipinski definition) is 3. The highest BCUT2D eigenvalue weighted by Gasteiger charge is 2.24. The highest BCUT2D eigenvalue weighted by atomic mass is 16.5. The van der Waals surface area contributed by atoms with Crippen molar-refractivity contribution in [3.05, 3.63) is 126 Å². The molecule has 0 radical (unpaired) electrons. The minimum Gasteiger partial charge on any atom is -0.489 e. The van der Waals surface area contributed by atoms with E-state index in [9.17, 15) is 9.90 Å². The Bertz CT molecular complexity index is 1230. The molecule has 0 fully saturated rings. The summed E-state index contributed by atoms with van der Waals surface area (Å²) in [7, 11) is 1.74. The van der Waals surface area contributed by atoms with Crippen LogP contribution in [0.4, 0.5) is 0 Å². The molecular formula is C31H31NO3. The summed E-state index contributed by atoms with van der Waals surface area (Å²) in [6, 6.07) is 35.1. The Balaban J connectivity index is 1.53. The molecule has 4 aromatic rings. The Morgan fingerprint density at radius 1 is 0.800 bits per heavy atom. The lowest BCUT2D eigenvalue weighted by molar-refractivity contribution is -0.133. The van der Waals surface area contributed by atoms with Gasteiger partial charge < -0.3 is 14.7 Å². The van der Waals surface area contributed by atoms with Gasteiger partial charge in [0.25, 0.3) is 0 Å². The van der Waals surface area contributed by atoms with Crippen molar-refractivity contribution in [2.24, 2.45) is 0 Å². The average molecular weight is 466 g/mol. The second kappa shape index (κ2) is 11.5. The van der Waals surface area contributed by atoms with Crippen molar-refractivity contribution in [1.82, 2.24) is 4.90 Å². The highest BCUT2D eigenvalue weighted by molar-refractivity contribution is 5.80. The smallest absolute Gasteiger partial charge is 0.227 e. The van der Waals surface area contributed by atoms with Crippen LogP contribution in [0, 0.1) is 0 Å². The summed E-state index contributed by atoms with van der Waals surface area (Å²) in [5.41, 5.74) is 4.81. The molecule has 0 aliphatic carbocycles. The molecule has 4 nitrogen and oxygen atoms in total. The molecule has 4 rings (SSSR count). The maximum absolute atomic E-state index is 13.2. The lowest BCUT2D eigenvalue weighted by atomic mass is 9.99. The van der Waals surface area contributed by atoms with Gasteiger partial charge in [-0.15, -0.1) is 0 Å². The number of aliphatic hydroxyl groups excluding tert-OH is 1. The number of likely N-dealkylation sites (N-methyl/N-ethyl adjacent to an activating group) is 1. The minimum atomic E-state index is -0.759. The van der Waals surface area contributed by atoms with Crippen molar-refractivity contribution in [3.63, 3.8) is 0 Å². The summed E-state index contributed by atoms with van der Waals surface area (Å²) < 4.78 is 6.12. The molecule has 1 amide bonds. The fourth-order valence-electron chi connectivity index (χ4n) is 4.05. The zero-order chi connectivity index (χ0) is 24.6. The molecule has 0 aliphatic rings. The summed E-state index contributed by atoms with van der Waals surface area (Å²) in [5.74, 6) is 0.657. The van der Waals surface area contributed by atoms with Crippen LogP contribution in [0.5, 0.6) is 5.75 Å². The number of nitrogens with zero attached hydrogens (tertiary/aromatic N) is 1. The van der Waals surface area contributed by atoms with Crippen LogP contribution in [0.25, 0.3) is 11.1 Å². The summed E-state index contributed by atoms with van der Waals surface area (Å²) in [6.07, 6.45) is -0.546. The number of carbonyl (C=O) groups is 1. The lowest BCUT2D eigenvalue weighted by Gasteiger charge is -2.29. The third-order valence-corrected chi connectivity index (χ3v) is 6.28. The standard InChI is InChI=1S/C31H31NO3/c1-23(31(34)27-16-10-5-11-17-27)32(2)30(33)20-25-18-28(26-14-8-4-9-15-26)21-29(19-25)35-22-24-12-6-3-7-13-24/h3-19,21,23,31,34H,20,22H2,1-2H3/t23-,31+/m0/s1. The van der Waals surface area contributed by atoms with E-state index in [2.05, 4.69) is 0 Å². The third kappa shape index (κ3) is 6.37. The Morgan fingerprint density at radius 2 is 1.40 bits per heavy atom. The van der Waals surface area contributed by atoms with Crippen molar-refractivity contribution in [1.29, 1.82) is 0 Å². The highest BCUT2D eigenvalue weighted by Crippen LogP contribution is 2.28. The zero-order valence-corrected chi connectivity index (χ0v) is 20.2. The molecule has 0 aromatic heterocycles. The van der Waals surface area contributed by atoms with Gasteiger partial charge in [-0.25, -0.2) is 0 Å². The van der Waals surface area contributed by atoms with Gasteiger partial charge in [-0.3, -0.25) is 4.79 Å². The first-order valence-electron chi connectivity index (χ1n) is 11.9. The van der Waals surface area contributed by atoms with Gasteiger partial charge in [-0.05, 0) is 46.9 Å².